The van der Waals surface area contributed by atoms with Crippen molar-refractivity contribution < 1.29 is 17.9 Å². The molecule has 0 saturated carbocycles. The topological polar surface area (TPSA) is 84.9 Å². The summed E-state index contributed by atoms with van der Waals surface area (Å²) in [6, 6.07) is 11.7. The SMILES string of the molecule is COc1cc(N2C[C@@H]3CN(S(C)(=O)=O)[C@@H](c4ccccc4)[C@@H]3C2)nc(OC)n1. The fraction of sp³-hybridized carbons (Fsp3) is 0.474. The Balaban J connectivity index is 1.66. The van der Waals surface area contributed by atoms with Gasteiger partial charge in [0.2, 0.25) is 15.9 Å². The van der Waals surface area contributed by atoms with Gasteiger partial charge in [-0.2, -0.15) is 14.3 Å². The maximum atomic E-state index is 12.4. The van der Waals surface area contributed by atoms with Crippen LogP contribution in [0, 0.1) is 11.8 Å². The third-order valence-corrected chi connectivity index (χ3v) is 6.80. The second-order valence-electron chi connectivity index (χ2n) is 7.27. The zero-order valence-corrected chi connectivity index (χ0v) is 17.0. The minimum absolute atomic E-state index is 0.170. The monoisotopic (exact) mass is 404 g/mol. The van der Waals surface area contributed by atoms with Crippen LogP contribution in [0.1, 0.15) is 11.6 Å². The smallest absolute Gasteiger partial charge is 0.321 e. The summed E-state index contributed by atoms with van der Waals surface area (Å²) in [6.07, 6.45) is 1.29. The third-order valence-electron chi connectivity index (χ3n) is 5.57. The average Bonchev–Trinajstić information content (AvgIpc) is 3.26. The molecule has 0 radical (unpaired) electrons. The van der Waals surface area contributed by atoms with E-state index in [0.29, 0.717) is 19.0 Å². The largest absolute Gasteiger partial charge is 0.481 e. The van der Waals surface area contributed by atoms with Crippen molar-refractivity contribution in [1.29, 1.82) is 0 Å². The van der Waals surface area contributed by atoms with Crippen LogP contribution in [0.3, 0.4) is 0 Å². The summed E-state index contributed by atoms with van der Waals surface area (Å²) in [6.45, 7) is 1.95. The molecule has 2 aliphatic heterocycles. The maximum absolute atomic E-state index is 12.4. The molecule has 0 N–H and O–H groups in total. The predicted molar refractivity (Wildman–Crippen MR) is 105 cm³/mol. The first-order valence-electron chi connectivity index (χ1n) is 9.14. The van der Waals surface area contributed by atoms with Crippen LogP contribution < -0.4 is 14.4 Å². The number of hydrogen-bond donors (Lipinski definition) is 0. The molecule has 2 saturated heterocycles. The molecule has 8 nitrogen and oxygen atoms in total. The number of rotatable bonds is 5. The summed E-state index contributed by atoms with van der Waals surface area (Å²) >= 11 is 0. The molecular formula is C19H24N4O4S. The van der Waals surface area contributed by atoms with E-state index in [1.54, 1.807) is 17.5 Å². The number of aromatic nitrogens is 2. The van der Waals surface area contributed by atoms with Gasteiger partial charge in [-0.05, 0) is 11.5 Å². The second kappa shape index (κ2) is 7.21. The van der Waals surface area contributed by atoms with Crippen molar-refractivity contribution in [2.24, 2.45) is 11.8 Å². The fourth-order valence-electron chi connectivity index (χ4n) is 4.35. The van der Waals surface area contributed by atoms with Crippen LogP contribution in [0.5, 0.6) is 11.9 Å². The molecule has 3 atom stereocenters. The lowest BCUT2D eigenvalue weighted by molar-refractivity contribution is 0.348. The summed E-state index contributed by atoms with van der Waals surface area (Å²) in [4.78, 5) is 10.8. The summed E-state index contributed by atoms with van der Waals surface area (Å²) in [7, 11) is -0.220. The Hall–Kier alpha value is -2.39. The van der Waals surface area contributed by atoms with Crippen molar-refractivity contribution >= 4 is 15.8 Å². The van der Waals surface area contributed by atoms with Gasteiger partial charge in [0.25, 0.3) is 0 Å². The highest BCUT2D eigenvalue weighted by atomic mass is 32.2. The summed E-state index contributed by atoms with van der Waals surface area (Å²) in [5.74, 6) is 1.59. The minimum atomic E-state index is -3.30. The van der Waals surface area contributed by atoms with Crippen LogP contribution in [0.25, 0.3) is 0 Å². The Bertz CT molecular complexity index is 931. The van der Waals surface area contributed by atoms with Crippen molar-refractivity contribution in [2.45, 2.75) is 6.04 Å². The van der Waals surface area contributed by atoms with Crippen LogP contribution in [0.4, 0.5) is 5.82 Å². The fourth-order valence-corrected chi connectivity index (χ4v) is 5.50. The molecule has 0 bridgehead atoms. The number of nitrogens with zero attached hydrogens (tertiary/aromatic N) is 4. The van der Waals surface area contributed by atoms with Crippen molar-refractivity contribution in [3.05, 3.63) is 42.0 Å². The third kappa shape index (κ3) is 3.40. The number of methoxy groups -OCH3 is 2. The van der Waals surface area contributed by atoms with Crippen LogP contribution in [0.2, 0.25) is 0 Å². The van der Waals surface area contributed by atoms with Crippen LogP contribution in [-0.4, -0.2) is 62.8 Å². The van der Waals surface area contributed by atoms with E-state index < -0.39 is 10.0 Å². The van der Waals surface area contributed by atoms with Crippen molar-refractivity contribution in [2.75, 3.05) is 45.0 Å². The number of ether oxygens (including phenoxy) is 2. The highest BCUT2D eigenvalue weighted by Gasteiger charge is 2.50. The molecule has 150 valence electrons. The van der Waals surface area contributed by atoms with Gasteiger partial charge in [0.1, 0.15) is 5.82 Å². The highest BCUT2D eigenvalue weighted by molar-refractivity contribution is 7.88. The molecule has 0 unspecified atom stereocenters. The van der Waals surface area contributed by atoms with Gasteiger partial charge in [0, 0.05) is 31.6 Å². The van der Waals surface area contributed by atoms with E-state index in [1.165, 1.54) is 13.4 Å². The molecule has 0 aliphatic carbocycles. The first kappa shape index (κ1) is 18.9. The molecule has 9 heteroatoms. The number of fused-ring (bicyclic) bond motifs is 1. The molecular weight excluding hydrogens is 380 g/mol. The maximum Gasteiger partial charge on any atom is 0.321 e. The number of anilines is 1. The number of sulfonamides is 1. The molecule has 28 heavy (non-hydrogen) atoms. The van der Waals surface area contributed by atoms with Crippen molar-refractivity contribution in [3.8, 4) is 11.9 Å². The van der Waals surface area contributed by atoms with Gasteiger partial charge in [-0.25, -0.2) is 8.42 Å². The molecule has 4 rings (SSSR count). The number of hydrogen-bond acceptors (Lipinski definition) is 7. The standard InChI is InChI=1S/C19H24N4O4S/c1-26-17-9-16(20-19(21-17)27-2)22-10-14-11-23(28(3,24)25)18(15(14)12-22)13-7-5-4-6-8-13/h4-9,14-15,18H,10-12H2,1-3H3/t14-,15-,18+/m1/s1. The average molecular weight is 404 g/mol. The van der Waals surface area contributed by atoms with Gasteiger partial charge in [0.15, 0.2) is 0 Å². The van der Waals surface area contributed by atoms with E-state index in [1.807, 2.05) is 30.3 Å². The van der Waals surface area contributed by atoms with Crippen LogP contribution in [0.15, 0.2) is 36.4 Å². The van der Waals surface area contributed by atoms with E-state index in [4.69, 9.17) is 9.47 Å². The van der Waals surface area contributed by atoms with Gasteiger partial charge in [-0.1, -0.05) is 30.3 Å². The normalized spacial score (nSPS) is 25.0. The molecule has 1 aromatic carbocycles. The molecule has 2 fully saturated rings. The second-order valence-corrected chi connectivity index (χ2v) is 9.21. The first-order valence-corrected chi connectivity index (χ1v) is 11.0. The Labute approximate surface area is 165 Å². The Morgan fingerprint density at radius 2 is 1.79 bits per heavy atom. The van der Waals surface area contributed by atoms with Crippen molar-refractivity contribution in [1.82, 2.24) is 14.3 Å². The number of benzene rings is 1. The Kier molecular flexibility index (Phi) is 4.88. The van der Waals surface area contributed by atoms with E-state index in [9.17, 15) is 8.42 Å². The first-order chi connectivity index (χ1) is 13.4. The molecule has 0 amide bonds. The van der Waals surface area contributed by atoms with Gasteiger partial charge in [-0.15, -0.1) is 0 Å². The van der Waals surface area contributed by atoms with E-state index >= 15 is 0 Å². The summed E-state index contributed by atoms with van der Waals surface area (Å²) in [5.41, 5.74) is 1.03. The molecule has 2 aliphatic rings. The lowest BCUT2D eigenvalue weighted by atomic mass is 9.90. The van der Waals surface area contributed by atoms with E-state index in [2.05, 4.69) is 14.9 Å². The summed E-state index contributed by atoms with van der Waals surface area (Å²) in [5, 5.41) is 0. The molecule has 3 heterocycles. The lowest BCUT2D eigenvalue weighted by Gasteiger charge is -2.28. The highest BCUT2D eigenvalue weighted by Crippen LogP contribution is 2.47. The van der Waals surface area contributed by atoms with Crippen molar-refractivity contribution in [3.63, 3.8) is 0 Å². The van der Waals surface area contributed by atoms with Crippen LogP contribution >= 0.6 is 0 Å². The van der Waals surface area contributed by atoms with E-state index in [0.717, 1.165) is 17.9 Å². The molecule has 1 aromatic heterocycles. The Morgan fingerprint density at radius 1 is 1.04 bits per heavy atom. The van der Waals surface area contributed by atoms with Gasteiger partial charge >= 0.3 is 6.01 Å². The molecule has 0 spiro atoms. The zero-order valence-electron chi connectivity index (χ0n) is 16.1. The Morgan fingerprint density at radius 3 is 2.43 bits per heavy atom. The quantitative estimate of drug-likeness (QED) is 0.748. The van der Waals surface area contributed by atoms with Gasteiger partial charge < -0.3 is 14.4 Å². The van der Waals surface area contributed by atoms with Crippen LogP contribution in [-0.2, 0) is 10.0 Å². The molecule has 2 aromatic rings. The van der Waals surface area contributed by atoms with E-state index in [-0.39, 0.29) is 23.9 Å². The van der Waals surface area contributed by atoms with Gasteiger partial charge in [-0.3, -0.25) is 0 Å². The zero-order chi connectivity index (χ0) is 19.9. The minimum Gasteiger partial charge on any atom is -0.481 e. The predicted octanol–water partition coefficient (Wildman–Crippen LogP) is 1.56. The van der Waals surface area contributed by atoms with Gasteiger partial charge in [0.05, 0.1) is 26.5 Å². The lowest BCUT2D eigenvalue weighted by Crippen LogP contribution is -2.35. The summed E-state index contributed by atoms with van der Waals surface area (Å²) < 4.78 is 36.9.